The Balaban J connectivity index is 0.000000360. The first kappa shape index (κ1) is 7.18. The molecule has 1 aliphatic heterocycles. The van der Waals surface area contributed by atoms with Crippen molar-refractivity contribution < 1.29 is 4.74 Å². The molecule has 7 heavy (non-hydrogen) atoms. The first-order chi connectivity index (χ1) is 2.71. The first-order valence-electron chi connectivity index (χ1n) is 2.35. The lowest BCUT2D eigenvalue weighted by molar-refractivity contribution is -0.120. The zero-order valence-electron chi connectivity index (χ0n) is 4.32. The molecular formula is C5H14OSi. The monoisotopic (exact) mass is 118 g/mol. The van der Waals surface area contributed by atoms with Gasteiger partial charge in [-0.1, -0.05) is 0 Å². The third-order valence-electron chi connectivity index (χ3n) is 1.20. The molecule has 0 aromatic heterocycles. The largest absolute Gasteiger partial charge is 0.375 e. The smallest absolute Gasteiger partial charge is 0.0648 e. The predicted octanol–water partition coefficient (Wildman–Crippen LogP) is -0.266. The van der Waals surface area contributed by atoms with E-state index in [1.54, 1.807) is 0 Å². The van der Waals surface area contributed by atoms with Crippen molar-refractivity contribution in [3.8, 4) is 0 Å². The molecule has 0 aromatic carbocycles. The summed E-state index contributed by atoms with van der Waals surface area (Å²) in [4.78, 5) is 0. The van der Waals surface area contributed by atoms with E-state index in [4.69, 9.17) is 4.74 Å². The quantitative estimate of drug-likeness (QED) is 0.398. The second-order valence-corrected chi connectivity index (χ2v) is 2.36. The van der Waals surface area contributed by atoms with Crippen LogP contribution in [0, 0.1) is 0 Å². The minimum atomic E-state index is 0. The second kappa shape index (κ2) is 1.97. The lowest BCUT2D eigenvalue weighted by atomic mass is 10.0. The third kappa shape index (κ3) is 1.61. The maximum Gasteiger partial charge on any atom is 0.0648 e. The van der Waals surface area contributed by atoms with Crippen molar-refractivity contribution in [1.29, 1.82) is 0 Å². The maximum atomic E-state index is 5.12. The Morgan fingerprint density at radius 2 is 1.71 bits per heavy atom. The summed E-state index contributed by atoms with van der Waals surface area (Å²) in [6.07, 6.45) is 1.23. The van der Waals surface area contributed by atoms with Crippen LogP contribution in [0.1, 0.15) is 20.3 Å². The topological polar surface area (TPSA) is 9.23 Å². The first-order valence-corrected chi connectivity index (χ1v) is 2.35. The van der Waals surface area contributed by atoms with Crippen molar-refractivity contribution in [2.24, 2.45) is 0 Å². The molecular weight excluding hydrogens is 104 g/mol. The van der Waals surface area contributed by atoms with Gasteiger partial charge in [-0.25, -0.2) is 0 Å². The van der Waals surface area contributed by atoms with E-state index in [0.717, 1.165) is 6.61 Å². The number of hydrogen-bond donors (Lipinski definition) is 0. The highest BCUT2D eigenvalue weighted by Crippen LogP contribution is 2.23. The van der Waals surface area contributed by atoms with Gasteiger partial charge in [0, 0.05) is 0 Å². The van der Waals surface area contributed by atoms with Crippen molar-refractivity contribution in [1.82, 2.24) is 0 Å². The Hall–Kier alpha value is 0.177. The van der Waals surface area contributed by atoms with E-state index in [-0.39, 0.29) is 16.6 Å². The molecule has 1 nitrogen and oxygen atoms in total. The summed E-state index contributed by atoms with van der Waals surface area (Å²) in [6.45, 7) is 5.18. The molecule has 0 radical (unpaired) electrons. The summed E-state index contributed by atoms with van der Waals surface area (Å²) in [5.41, 5.74) is 0.222. The fourth-order valence-electron chi connectivity index (χ4n) is 0.510. The Kier molecular flexibility index (Phi) is 2.02. The standard InChI is InChI=1S/C5H10O.H4Si/c1-5(2)3-4-6-5;/h3-4H2,1-2H3;1H4. The van der Waals surface area contributed by atoms with Gasteiger partial charge < -0.3 is 4.74 Å². The van der Waals surface area contributed by atoms with Crippen LogP contribution in [0.15, 0.2) is 0 Å². The predicted molar refractivity (Wildman–Crippen MR) is 36.0 cm³/mol. The van der Waals surface area contributed by atoms with Crippen molar-refractivity contribution in [2.75, 3.05) is 6.61 Å². The molecule has 0 spiro atoms. The van der Waals surface area contributed by atoms with E-state index >= 15 is 0 Å². The van der Waals surface area contributed by atoms with Gasteiger partial charge in [-0.2, -0.15) is 0 Å². The fourth-order valence-corrected chi connectivity index (χ4v) is 0.510. The van der Waals surface area contributed by atoms with Crippen LogP contribution in [-0.4, -0.2) is 23.2 Å². The highest BCUT2D eigenvalue weighted by atomic mass is 28.1. The van der Waals surface area contributed by atoms with Crippen LogP contribution in [0.2, 0.25) is 0 Å². The van der Waals surface area contributed by atoms with E-state index in [0.29, 0.717) is 0 Å². The molecule has 1 rings (SSSR count). The number of ether oxygens (including phenoxy) is 1. The molecule has 0 amide bonds. The highest BCUT2D eigenvalue weighted by molar-refractivity contribution is 5.75. The third-order valence-corrected chi connectivity index (χ3v) is 1.20. The van der Waals surface area contributed by atoms with Crippen molar-refractivity contribution >= 4 is 11.0 Å². The van der Waals surface area contributed by atoms with Crippen LogP contribution in [0.5, 0.6) is 0 Å². The Morgan fingerprint density at radius 1 is 1.43 bits per heavy atom. The molecule has 0 aromatic rings. The van der Waals surface area contributed by atoms with Crippen LogP contribution >= 0.6 is 0 Å². The van der Waals surface area contributed by atoms with Gasteiger partial charge in [-0.3, -0.25) is 0 Å². The Labute approximate surface area is 49.1 Å². The summed E-state index contributed by atoms with van der Waals surface area (Å²) in [6, 6.07) is 0. The van der Waals surface area contributed by atoms with Gasteiger partial charge in [-0.15, -0.1) is 0 Å². The molecule has 0 atom stereocenters. The molecule has 1 fully saturated rings. The fraction of sp³-hybridized carbons (Fsp3) is 1.00. The Bertz CT molecular complexity index is 55.1. The maximum absolute atomic E-state index is 5.12. The molecule has 2 heteroatoms. The molecule has 1 aliphatic rings. The van der Waals surface area contributed by atoms with Gasteiger partial charge in [0.25, 0.3) is 0 Å². The lowest BCUT2D eigenvalue weighted by Gasteiger charge is -2.34. The van der Waals surface area contributed by atoms with Crippen LogP contribution in [0.25, 0.3) is 0 Å². The zero-order valence-corrected chi connectivity index (χ0v) is 4.32. The molecule has 0 bridgehead atoms. The van der Waals surface area contributed by atoms with Crippen LogP contribution in [0.4, 0.5) is 0 Å². The zero-order chi connectivity index (χ0) is 4.62. The SMILES string of the molecule is CC1(C)CCO1.[SiH4]. The van der Waals surface area contributed by atoms with Gasteiger partial charge in [-0.05, 0) is 31.2 Å². The van der Waals surface area contributed by atoms with Crippen LogP contribution < -0.4 is 0 Å². The highest BCUT2D eigenvalue weighted by Gasteiger charge is 2.26. The minimum absolute atomic E-state index is 0. The number of hydrogen-bond acceptors (Lipinski definition) is 1. The van der Waals surface area contributed by atoms with Crippen LogP contribution in [0.3, 0.4) is 0 Å². The van der Waals surface area contributed by atoms with E-state index in [2.05, 4.69) is 13.8 Å². The average Bonchev–Trinajstić information content (AvgIpc) is 1.32. The molecule has 44 valence electrons. The summed E-state index contributed by atoms with van der Waals surface area (Å²) in [7, 11) is 0. The van der Waals surface area contributed by atoms with Gasteiger partial charge in [0.2, 0.25) is 0 Å². The van der Waals surface area contributed by atoms with Gasteiger partial charge in [0.1, 0.15) is 0 Å². The molecule has 0 unspecified atom stereocenters. The van der Waals surface area contributed by atoms with Crippen molar-refractivity contribution in [3.63, 3.8) is 0 Å². The van der Waals surface area contributed by atoms with Gasteiger partial charge >= 0.3 is 0 Å². The van der Waals surface area contributed by atoms with Gasteiger partial charge in [0.15, 0.2) is 0 Å². The summed E-state index contributed by atoms with van der Waals surface area (Å²) in [5.74, 6) is 0. The van der Waals surface area contributed by atoms with E-state index in [1.807, 2.05) is 0 Å². The molecule has 1 saturated heterocycles. The average molecular weight is 118 g/mol. The Morgan fingerprint density at radius 3 is 1.71 bits per heavy atom. The summed E-state index contributed by atoms with van der Waals surface area (Å²) in [5, 5.41) is 0. The van der Waals surface area contributed by atoms with Crippen molar-refractivity contribution in [2.45, 2.75) is 25.9 Å². The van der Waals surface area contributed by atoms with Crippen molar-refractivity contribution in [3.05, 3.63) is 0 Å². The summed E-state index contributed by atoms with van der Waals surface area (Å²) >= 11 is 0. The van der Waals surface area contributed by atoms with E-state index in [1.165, 1.54) is 6.42 Å². The minimum Gasteiger partial charge on any atom is -0.375 e. The van der Waals surface area contributed by atoms with E-state index in [9.17, 15) is 0 Å². The summed E-state index contributed by atoms with van der Waals surface area (Å²) < 4.78 is 5.12. The molecule has 0 aliphatic carbocycles. The molecule has 0 N–H and O–H groups in total. The molecule has 1 heterocycles. The second-order valence-electron chi connectivity index (χ2n) is 2.36. The van der Waals surface area contributed by atoms with E-state index < -0.39 is 0 Å². The normalized spacial score (nSPS) is 24.9. The lowest BCUT2D eigenvalue weighted by Crippen LogP contribution is -2.36. The van der Waals surface area contributed by atoms with Gasteiger partial charge in [0.05, 0.1) is 12.2 Å². The number of rotatable bonds is 0. The van der Waals surface area contributed by atoms with Crippen LogP contribution in [-0.2, 0) is 4.74 Å². The molecule has 0 saturated carbocycles.